The lowest BCUT2D eigenvalue weighted by Gasteiger charge is -2.21. The third-order valence-corrected chi connectivity index (χ3v) is 4.47. The van der Waals surface area contributed by atoms with Crippen molar-refractivity contribution < 1.29 is 14.7 Å². The second-order valence-electron chi connectivity index (χ2n) is 5.89. The first-order valence-corrected chi connectivity index (χ1v) is 7.69. The molecule has 1 aliphatic heterocycles. The summed E-state index contributed by atoms with van der Waals surface area (Å²) >= 11 is 0. The Bertz CT molecular complexity index is 766. The predicted molar refractivity (Wildman–Crippen MR) is 88.5 cm³/mol. The molecule has 0 aliphatic carbocycles. The molecular weight excluding hydrogens is 290 g/mol. The van der Waals surface area contributed by atoms with Gasteiger partial charge in [-0.1, -0.05) is 49.4 Å². The van der Waals surface area contributed by atoms with Crippen molar-refractivity contribution in [1.29, 1.82) is 0 Å². The van der Waals surface area contributed by atoms with E-state index in [4.69, 9.17) is 0 Å². The van der Waals surface area contributed by atoms with Crippen molar-refractivity contribution in [2.45, 2.75) is 25.4 Å². The van der Waals surface area contributed by atoms with Gasteiger partial charge in [-0.2, -0.15) is 0 Å². The highest BCUT2D eigenvalue weighted by Gasteiger charge is 2.49. The summed E-state index contributed by atoms with van der Waals surface area (Å²) in [5, 5.41) is 10.9. The summed E-state index contributed by atoms with van der Waals surface area (Å²) in [5.41, 5.74) is 1.00. The number of carbonyl (C=O) groups excluding carboxylic acids is 2. The van der Waals surface area contributed by atoms with E-state index < -0.39 is 11.5 Å². The van der Waals surface area contributed by atoms with E-state index in [0.717, 1.165) is 12.0 Å². The highest BCUT2D eigenvalue weighted by atomic mass is 16.3. The van der Waals surface area contributed by atoms with E-state index in [1.165, 1.54) is 4.90 Å². The topological polar surface area (TPSA) is 57.6 Å². The Morgan fingerprint density at radius 1 is 1.13 bits per heavy atom. The Morgan fingerprint density at radius 3 is 2.43 bits per heavy atom. The van der Waals surface area contributed by atoms with E-state index in [0.29, 0.717) is 16.8 Å². The third kappa shape index (κ3) is 2.45. The second kappa shape index (κ2) is 5.63. The Labute approximate surface area is 135 Å². The summed E-state index contributed by atoms with van der Waals surface area (Å²) in [6, 6.07) is 14.3. The smallest absolute Gasteiger partial charge is 0.263 e. The minimum absolute atomic E-state index is 0.242. The fourth-order valence-corrected chi connectivity index (χ4v) is 3.05. The number of fused-ring (bicyclic) bond motifs is 1. The van der Waals surface area contributed by atoms with Crippen LogP contribution in [0.4, 0.5) is 5.69 Å². The summed E-state index contributed by atoms with van der Waals surface area (Å²) in [6.45, 7) is 2.05. The van der Waals surface area contributed by atoms with Gasteiger partial charge in [0, 0.05) is 18.2 Å². The van der Waals surface area contributed by atoms with E-state index in [1.54, 1.807) is 43.4 Å². The molecule has 1 N–H and O–H groups in total. The van der Waals surface area contributed by atoms with Crippen LogP contribution >= 0.6 is 0 Å². The highest BCUT2D eigenvalue weighted by molar-refractivity contribution is 6.10. The normalized spacial score (nSPS) is 19.8. The quantitative estimate of drug-likeness (QED) is 0.883. The first kappa shape index (κ1) is 15.4. The largest absolute Gasteiger partial charge is 0.375 e. The molecule has 0 fully saturated rings. The molecule has 1 heterocycles. The van der Waals surface area contributed by atoms with Crippen LogP contribution in [0.1, 0.15) is 34.8 Å². The maximum atomic E-state index is 12.5. The molecule has 4 nitrogen and oxygen atoms in total. The summed E-state index contributed by atoms with van der Waals surface area (Å²) in [5.74, 6) is -0.703. The highest BCUT2D eigenvalue weighted by Crippen LogP contribution is 2.41. The zero-order valence-electron chi connectivity index (χ0n) is 13.2. The van der Waals surface area contributed by atoms with Crippen molar-refractivity contribution >= 4 is 17.4 Å². The van der Waals surface area contributed by atoms with E-state index in [1.807, 2.05) is 19.1 Å². The molecular formula is C19H19NO3. The standard InChI is InChI=1S/C19H19NO3/c1-3-13-8-10-14(11-9-13)17(21)12-19(23)15-6-4-5-7-16(15)20(2)18(19)22/h4-11,23H,3,12H2,1-2H3. The average Bonchev–Trinajstić information content (AvgIpc) is 2.77. The Morgan fingerprint density at radius 2 is 1.78 bits per heavy atom. The lowest BCUT2D eigenvalue weighted by atomic mass is 9.88. The van der Waals surface area contributed by atoms with Gasteiger partial charge in [0.1, 0.15) is 0 Å². The molecule has 118 valence electrons. The zero-order chi connectivity index (χ0) is 16.6. The third-order valence-electron chi connectivity index (χ3n) is 4.47. The van der Waals surface area contributed by atoms with Gasteiger partial charge in [0.15, 0.2) is 11.4 Å². The minimum Gasteiger partial charge on any atom is -0.375 e. The first-order valence-electron chi connectivity index (χ1n) is 7.69. The van der Waals surface area contributed by atoms with Gasteiger partial charge < -0.3 is 10.0 Å². The lowest BCUT2D eigenvalue weighted by molar-refractivity contribution is -0.135. The van der Waals surface area contributed by atoms with Crippen LogP contribution in [0.15, 0.2) is 48.5 Å². The number of ketones is 1. The van der Waals surface area contributed by atoms with Gasteiger partial charge in [-0.25, -0.2) is 0 Å². The number of rotatable bonds is 4. The number of Topliss-reactive ketones (excluding diaryl/α,β-unsaturated/α-hetero) is 1. The number of likely N-dealkylation sites (N-methyl/N-ethyl adjacent to an activating group) is 1. The molecule has 1 atom stereocenters. The second-order valence-corrected chi connectivity index (χ2v) is 5.89. The van der Waals surface area contributed by atoms with Crippen molar-refractivity contribution in [1.82, 2.24) is 0 Å². The number of aliphatic hydroxyl groups is 1. The number of nitrogens with zero attached hydrogens (tertiary/aromatic N) is 1. The maximum Gasteiger partial charge on any atom is 0.263 e. The molecule has 2 aromatic carbocycles. The van der Waals surface area contributed by atoms with Crippen molar-refractivity contribution in [3.05, 3.63) is 65.2 Å². The molecule has 1 aliphatic rings. The van der Waals surface area contributed by atoms with Crippen LogP contribution in [0, 0.1) is 0 Å². The summed E-state index contributed by atoms with van der Waals surface area (Å²) in [6.07, 6.45) is 0.647. The van der Waals surface area contributed by atoms with Gasteiger partial charge in [0.2, 0.25) is 0 Å². The van der Waals surface area contributed by atoms with Crippen LogP contribution in [0.3, 0.4) is 0 Å². The van der Waals surface area contributed by atoms with Crippen LogP contribution in [-0.2, 0) is 16.8 Å². The minimum atomic E-state index is -1.79. The van der Waals surface area contributed by atoms with E-state index in [9.17, 15) is 14.7 Å². The number of anilines is 1. The van der Waals surface area contributed by atoms with Crippen molar-refractivity contribution in [3.8, 4) is 0 Å². The fraction of sp³-hybridized carbons (Fsp3) is 0.263. The van der Waals surface area contributed by atoms with E-state index >= 15 is 0 Å². The Kier molecular flexibility index (Phi) is 3.78. The Hall–Kier alpha value is -2.46. The van der Waals surface area contributed by atoms with Crippen LogP contribution < -0.4 is 4.90 Å². The maximum absolute atomic E-state index is 12.5. The summed E-state index contributed by atoms with van der Waals surface area (Å²) < 4.78 is 0. The average molecular weight is 309 g/mol. The van der Waals surface area contributed by atoms with Crippen LogP contribution in [-0.4, -0.2) is 23.8 Å². The molecule has 0 saturated carbocycles. The molecule has 0 aromatic heterocycles. The monoisotopic (exact) mass is 309 g/mol. The molecule has 0 radical (unpaired) electrons. The van der Waals surface area contributed by atoms with Crippen molar-refractivity contribution in [2.24, 2.45) is 0 Å². The number of aryl methyl sites for hydroxylation is 1. The van der Waals surface area contributed by atoms with Gasteiger partial charge in [-0.3, -0.25) is 9.59 Å². The molecule has 0 spiro atoms. The Balaban J connectivity index is 1.92. The lowest BCUT2D eigenvalue weighted by Crippen LogP contribution is -2.40. The molecule has 0 saturated heterocycles. The number of hydrogen-bond acceptors (Lipinski definition) is 3. The molecule has 23 heavy (non-hydrogen) atoms. The van der Waals surface area contributed by atoms with E-state index in [-0.39, 0.29) is 12.2 Å². The SMILES string of the molecule is CCc1ccc(C(=O)CC2(O)C(=O)N(C)c3ccccc32)cc1. The van der Waals surface area contributed by atoms with Crippen LogP contribution in [0.5, 0.6) is 0 Å². The summed E-state index contributed by atoms with van der Waals surface area (Å²) in [4.78, 5) is 26.4. The molecule has 1 unspecified atom stereocenters. The number of para-hydroxylation sites is 1. The van der Waals surface area contributed by atoms with Crippen molar-refractivity contribution in [3.63, 3.8) is 0 Å². The molecule has 3 rings (SSSR count). The number of benzene rings is 2. The van der Waals surface area contributed by atoms with Gasteiger partial charge in [-0.05, 0) is 18.1 Å². The number of hydrogen-bond donors (Lipinski definition) is 1. The van der Waals surface area contributed by atoms with Crippen LogP contribution in [0.25, 0.3) is 0 Å². The molecule has 2 aromatic rings. The van der Waals surface area contributed by atoms with Crippen LogP contribution in [0.2, 0.25) is 0 Å². The first-order chi connectivity index (χ1) is 11.0. The van der Waals surface area contributed by atoms with Gasteiger partial charge in [-0.15, -0.1) is 0 Å². The molecule has 4 heteroatoms. The van der Waals surface area contributed by atoms with Gasteiger partial charge in [0.05, 0.1) is 12.1 Å². The molecule has 0 bridgehead atoms. The van der Waals surface area contributed by atoms with Crippen molar-refractivity contribution in [2.75, 3.05) is 11.9 Å². The number of carbonyl (C=O) groups is 2. The van der Waals surface area contributed by atoms with E-state index in [2.05, 4.69) is 0 Å². The fourth-order valence-electron chi connectivity index (χ4n) is 3.05. The van der Waals surface area contributed by atoms with Gasteiger partial charge >= 0.3 is 0 Å². The molecule has 1 amide bonds. The predicted octanol–water partition coefficient (Wildman–Crippen LogP) is 2.69. The van der Waals surface area contributed by atoms with Gasteiger partial charge in [0.25, 0.3) is 5.91 Å². The summed E-state index contributed by atoms with van der Waals surface area (Å²) in [7, 11) is 1.61. The zero-order valence-corrected chi connectivity index (χ0v) is 13.2. The number of amides is 1.